The Balaban J connectivity index is 1.26. The van der Waals surface area contributed by atoms with Gasteiger partial charge in [-0.1, -0.05) is 41.9 Å². The van der Waals surface area contributed by atoms with Crippen molar-refractivity contribution in [1.29, 1.82) is 0 Å². The molecule has 0 aliphatic carbocycles. The number of morpholine rings is 2. The van der Waals surface area contributed by atoms with Gasteiger partial charge < -0.3 is 23.8 Å². The average molecular weight is 532 g/mol. The molecule has 2 fully saturated rings. The van der Waals surface area contributed by atoms with E-state index in [1.807, 2.05) is 36.5 Å². The predicted octanol–water partition coefficient (Wildman–Crippen LogP) is 4.25. The van der Waals surface area contributed by atoms with Gasteiger partial charge in [0.25, 0.3) is 0 Å². The van der Waals surface area contributed by atoms with Crippen LogP contribution in [-0.4, -0.2) is 73.4 Å². The van der Waals surface area contributed by atoms with Gasteiger partial charge in [0.15, 0.2) is 5.82 Å². The SMILES string of the molecule is Clc1cccc(Cn2cc(/C=N/Nc3cc(N4CCOCC4)nc(N4CCOCC4)n3)c3ccccc32)c1. The summed E-state index contributed by atoms with van der Waals surface area (Å²) in [5.74, 6) is 2.22. The zero-order chi connectivity index (χ0) is 25.7. The van der Waals surface area contributed by atoms with Gasteiger partial charge in [0.05, 0.1) is 32.6 Å². The van der Waals surface area contributed by atoms with E-state index in [1.54, 1.807) is 0 Å². The zero-order valence-corrected chi connectivity index (χ0v) is 21.8. The molecule has 2 aliphatic rings. The van der Waals surface area contributed by atoms with Crippen LogP contribution in [0.3, 0.4) is 0 Å². The van der Waals surface area contributed by atoms with Crippen molar-refractivity contribution in [2.75, 3.05) is 67.8 Å². The summed E-state index contributed by atoms with van der Waals surface area (Å²) in [5, 5.41) is 6.45. The Morgan fingerprint density at radius 3 is 2.45 bits per heavy atom. The Hall–Kier alpha value is -3.66. The van der Waals surface area contributed by atoms with Crippen molar-refractivity contribution in [3.05, 3.63) is 76.9 Å². The lowest BCUT2D eigenvalue weighted by molar-refractivity contribution is 0.121. The Morgan fingerprint density at radius 2 is 1.66 bits per heavy atom. The summed E-state index contributed by atoms with van der Waals surface area (Å²) in [6, 6.07) is 18.2. The van der Waals surface area contributed by atoms with Crippen molar-refractivity contribution in [2.45, 2.75) is 6.54 Å². The molecule has 10 heteroatoms. The summed E-state index contributed by atoms with van der Waals surface area (Å²) in [7, 11) is 0. The van der Waals surface area contributed by atoms with E-state index in [4.69, 9.17) is 31.0 Å². The summed E-state index contributed by atoms with van der Waals surface area (Å²) < 4.78 is 13.3. The molecule has 196 valence electrons. The Labute approximate surface area is 226 Å². The molecule has 2 saturated heterocycles. The largest absolute Gasteiger partial charge is 0.378 e. The molecule has 0 bridgehead atoms. The molecule has 4 heterocycles. The van der Waals surface area contributed by atoms with E-state index in [2.05, 4.69) is 55.4 Å². The van der Waals surface area contributed by atoms with E-state index >= 15 is 0 Å². The van der Waals surface area contributed by atoms with Crippen LogP contribution in [0.2, 0.25) is 5.02 Å². The third-order valence-electron chi connectivity index (χ3n) is 6.77. The van der Waals surface area contributed by atoms with E-state index in [0.29, 0.717) is 38.2 Å². The van der Waals surface area contributed by atoms with Crippen molar-refractivity contribution >= 4 is 46.3 Å². The smallest absolute Gasteiger partial charge is 0.229 e. The van der Waals surface area contributed by atoms with E-state index < -0.39 is 0 Å². The number of benzene rings is 2. The van der Waals surface area contributed by atoms with Crippen LogP contribution in [0.1, 0.15) is 11.1 Å². The fourth-order valence-electron chi connectivity index (χ4n) is 4.85. The predicted molar refractivity (Wildman–Crippen MR) is 152 cm³/mol. The van der Waals surface area contributed by atoms with Crippen molar-refractivity contribution < 1.29 is 9.47 Å². The van der Waals surface area contributed by atoms with Crippen LogP contribution in [-0.2, 0) is 16.0 Å². The minimum Gasteiger partial charge on any atom is -0.378 e. The minimum atomic E-state index is 0.655. The third kappa shape index (κ3) is 5.60. The highest BCUT2D eigenvalue weighted by Gasteiger charge is 2.19. The molecular weight excluding hydrogens is 502 g/mol. The van der Waals surface area contributed by atoms with Crippen LogP contribution < -0.4 is 15.2 Å². The second kappa shape index (κ2) is 11.4. The lowest BCUT2D eigenvalue weighted by Crippen LogP contribution is -2.39. The molecular formula is C28H30ClN7O2. The van der Waals surface area contributed by atoms with Gasteiger partial charge in [0, 0.05) is 66.5 Å². The number of rotatable bonds is 7. The molecule has 0 atom stereocenters. The van der Waals surface area contributed by atoms with Crippen LogP contribution in [0.25, 0.3) is 10.9 Å². The second-order valence-electron chi connectivity index (χ2n) is 9.34. The first-order chi connectivity index (χ1) is 18.7. The zero-order valence-electron chi connectivity index (χ0n) is 21.1. The van der Waals surface area contributed by atoms with Gasteiger partial charge in [-0.2, -0.15) is 15.1 Å². The minimum absolute atomic E-state index is 0.655. The van der Waals surface area contributed by atoms with Gasteiger partial charge >= 0.3 is 0 Å². The van der Waals surface area contributed by atoms with Crippen molar-refractivity contribution in [3.63, 3.8) is 0 Å². The van der Waals surface area contributed by atoms with Crippen LogP contribution >= 0.6 is 11.6 Å². The highest BCUT2D eigenvalue weighted by molar-refractivity contribution is 6.30. The third-order valence-corrected chi connectivity index (χ3v) is 7.01. The molecule has 1 N–H and O–H groups in total. The van der Waals surface area contributed by atoms with Crippen molar-refractivity contribution in [3.8, 4) is 0 Å². The molecule has 6 rings (SSSR count). The van der Waals surface area contributed by atoms with Crippen LogP contribution in [0.15, 0.2) is 65.9 Å². The number of ether oxygens (including phenoxy) is 2. The van der Waals surface area contributed by atoms with Crippen molar-refractivity contribution in [2.24, 2.45) is 5.10 Å². The van der Waals surface area contributed by atoms with Gasteiger partial charge in [-0.25, -0.2) is 0 Å². The standard InChI is InChI=1S/C28H30ClN7O2/c29-23-5-3-4-21(16-23)19-36-20-22(24-6-1-2-7-25(24)36)18-30-33-26-17-27(34-8-12-37-13-9-34)32-28(31-26)35-10-14-38-15-11-35/h1-7,16-18,20H,8-15,19H2,(H,31,32,33)/b30-18+. The molecule has 2 aromatic carbocycles. The molecule has 9 nitrogen and oxygen atoms in total. The van der Waals surface area contributed by atoms with Gasteiger partial charge in [0.1, 0.15) is 5.82 Å². The Bertz CT molecular complexity index is 1390. The summed E-state index contributed by atoms with van der Waals surface area (Å²) in [5.41, 5.74) is 6.46. The van der Waals surface area contributed by atoms with Gasteiger partial charge in [-0.3, -0.25) is 5.43 Å². The number of nitrogens with zero attached hydrogens (tertiary/aromatic N) is 6. The number of anilines is 3. The number of fused-ring (bicyclic) bond motifs is 1. The number of halogens is 1. The van der Waals surface area contributed by atoms with E-state index in [0.717, 1.165) is 65.6 Å². The molecule has 0 saturated carbocycles. The topological polar surface area (TPSA) is 80.0 Å². The maximum absolute atomic E-state index is 6.22. The number of nitrogens with one attached hydrogen (secondary N) is 1. The molecule has 38 heavy (non-hydrogen) atoms. The molecule has 0 radical (unpaired) electrons. The lowest BCUT2D eigenvalue weighted by Gasteiger charge is -2.31. The first-order valence-corrected chi connectivity index (χ1v) is 13.3. The van der Waals surface area contributed by atoms with Gasteiger partial charge in [0.2, 0.25) is 5.95 Å². The molecule has 0 unspecified atom stereocenters. The van der Waals surface area contributed by atoms with E-state index in [9.17, 15) is 0 Å². The van der Waals surface area contributed by atoms with Crippen molar-refractivity contribution in [1.82, 2.24) is 14.5 Å². The maximum atomic E-state index is 6.22. The second-order valence-corrected chi connectivity index (χ2v) is 9.78. The molecule has 2 aromatic heterocycles. The van der Waals surface area contributed by atoms with E-state index in [-0.39, 0.29) is 0 Å². The summed E-state index contributed by atoms with van der Waals surface area (Å²) in [6.45, 7) is 6.58. The number of aromatic nitrogens is 3. The fourth-order valence-corrected chi connectivity index (χ4v) is 5.06. The Kier molecular flexibility index (Phi) is 7.39. The first kappa shape index (κ1) is 24.7. The highest BCUT2D eigenvalue weighted by atomic mass is 35.5. The fraction of sp³-hybridized carbons (Fsp3) is 0.321. The summed E-state index contributed by atoms with van der Waals surface area (Å²) in [6.07, 6.45) is 3.97. The van der Waals surface area contributed by atoms with E-state index in [1.165, 1.54) is 0 Å². The van der Waals surface area contributed by atoms with Gasteiger partial charge in [-0.15, -0.1) is 0 Å². The molecule has 4 aromatic rings. The number of hydrogen-bond donors (Lipinski definition) is 1. The van der Waals surface area contributed by atoms with Crippen LogP contribution in [0, 0.1) is 0 Å². The van der Waals surface area contributed by atoms with Crippen LogP contribution in [0.4, 0.5) is 17.6 Å². The molecule has 0 spiro atoms. The van der Waals surface area contributed by atoms with Crippen LogP contribution in [0.5, 0.6) is 0 Å². The highest BCUT2D eigenvalue weighted by Crippen LogP contribution is 2.24. The maximum Gasteiger partial charge on any atom is 0.229 e. The quantitative estimate of drug-likeness (QED) is 0.282. The lowest BCUT2D eigenvalue weighted by atomic mass is 10.2. The molecule has 2 aliphatic heterocycles. The number of hydrogen-bond acceptors (Lipinski definition) is 8. The number of hydrazone groups is 1. The average Bonchev–Trinajstić information content (AvgIpc) is 3.31. The normalized spacial score (nSPS) is 16.4. The molecule has 0 amide bonds. The summed E-state index contributed by atoms with van der Waals surface area (Å²) in [4.78, 5) is 14.0. The van der Waals surface area contributed by atoms with Gasteiger partial charge in [-0.05, 0) is 23.8 Å². The number of para-hydroxylation sites is 1. The monoisotopic (exact) mass is 531 g/mol. The first-order valence-electron chi connectivity index (χ1n) is 12.9. The Morgan fingerprint density at radius 1 is 0.895 bits per heavy atom. The summed E-state index contributed by atoms with van der Waals surface area (Å²) >= 11 is 6.22.